The molecular weight excluding hydrogens is 418 g/mol. The van der Waals surface area contributed by atoms with Gasteiger partial charge >= 0.3 is 0 Å². The van der Waals surface area contributed by atoms with E-state index in [1.165, 1.54) is 19.2 Å². The minimum Gasteiger partial charge on any atom is -0.486 e. The van der Waals surface area contributed by atoms with Crippen LogP contribution in [0.15, 0.2) is 51.9 Å². The number of Topliss-reactive ketones (excluding diaryl/α,β-unsaturated/α-hetero) is 1. The minimum absolute atomic E-state index is 0.0351. The van der Waals surface area contributed by atoms with Crippen LogP contribution < -0.4 is 9.46 Å². The van der Waals surface area contributed by atoms with E-state index in [0.717, 1.165) is 12.8 Å². The number of ketones is 1. The molecule has 0 amide bonds. The molecule has 3 aromatic rings. The monoisotopic (exact) mass is 441 g/mol. The smallest absolute Gasteiger partial charge is 0.258 e. The number of carbonyl (C=O) groups is 1. The Balaban J connectivity index is 1.62. The molecule has 1 aromatic heterocycles. The van der Waals surface area contributed by atoms with Crippen molar-refractivity contribution in [2.24, 2.45) is 0 Å². The molecule has 4 rings (SSSR count). The third-order valence-electron chi connectivity index (χ3n) is 5.74. The fourth-order valence-electron chi connectivity index (χ4n) is 3.63. The van der Waals surface area contributed by atoms with Crippen LogP contribution >= 0.6 is 0 Å². The van der Waals surface area contributed by atoms with E-state index in [-0.39, 0.29) is 16.6 Å². The van der Waals surface area contributed by atoms with Crippen LogP contribution in [0.4, 0.5) is 0 Å². The summed E-state index contributed by atoms with van der Waals surface area (Å²) < 4.78 is 37.5. The lowest BCUT2D eigenvalue weighted by molar-refractivity contribution is 0.0350. The van der Waals surface area contributed by atoms with Crippen molar-refractivity contribution in [2.45, 2.75) is 43.6 Å². The number of nitrogens with one attached hydrogen (secondary N) is 1. The first-order valence-electron chi connectivity index (χ1n) is 10.0. The van der Waals surface area contributed by atoms with Gasteiger partial charge in [-0.05, 0) is 62.4 Å². The van der Waals surface area contributed by atoms with Crippen LogP contribution in [0.1, 0.15) is 43.5 Å². The number of benzene rings is 2. The maximum atomic E-state index is 12.8. The van der Waals surface area contributed by atoms with Crippen LogP contribution in [-0.2, 0) is 10.0 Å². The number of carbonyl (C=O) groups excluding carboxylic acids is 1. The minimum atomic E-state index is -3.52. The van der Waals surface area contributed by atoms with Gasteiger partial charge in [0.25, 0.3) is 5.89 Å². The quantitative estimate of drug-likeness (QED) is 0.619. The molecule has 0 fully saturated rings. The Bertz CT molecular complexity index is 1230. The van der Waals surface area contributed by atoms with Gasteiger partial charge in [-0.3, -0.25) is 4.79 Å². The second-order valence-electron chi connectivity index (χ2n) is 7.46. The Kier molecular flexibility index (Phi) is 5.40. The van der Waals surface area contributed by atoms with Crippen LogP contribution in [0, 0.1) is 0 Å². The number of hydrogen-bond donors (Lipinski definition) is 1. The molecule has 1 aliphatic rings. The summed E-state index contributed by atoms with van der Waals surface area (Å²) in [6.45, 7) is 4.05. The highest BCUT2D eigenvalue weighted by molar-refractivity contribution is 7.89. The molecule has 162 valence electrons. The van der Waals surface area contributed by atoms with Gasteiger partial charge in [-0.2, -0.15) is 4.98 Å². The van der Waals surface area contributed by atoms with Crippen LogP contribution in [0.2, 0.25) is 0 Å². The van der Waals surface area contributed by atoms with Gasteiger partial charge in [0.05, 0.1) is 16.9 Å². The van der Waals surface area contributed by atoms with Crippen LogP contribution in [0.3, 0.4) is 0 Å². The van der Waals surface area contributed by atoms with Gasteiger partial charge in [0.15, 0.2) is 5.78 Å². The molecule has 0 spiro atoms. The van der Waals surface area contributed by atoms with E-state index in [9.17, 15) is 13.2 Å². The van der Waals surface area contributed by atoms with Crippen molar-refractivity contribution in [1.29, 1.82) is 0 Å². The van der Waals surface area contributed by atoms with Gasteiger partial charge in [0.1, 0.15) is 11.4 Å². The van der Waals surface area contributed by atoms with Crippen LogP contribution in [-0.4, -0.2) is 37.0 Å². The average molecular weight is 442 g/mol. The van der Waals surface area contributed by atoms with E-state index < -0.39 is 15.6 Å². The first-order chi connectivity index (χ1) is 14.8. The molecule has 0 radical (unpaired) electrons. The lowest BCUT2D eigenvalue weighted by Gasteiger charge is -2.36. The Morgan fingerprint density at radius 1 is 1.06 bits per heavy atom. The summed E-state index contributed by atoms with van der Waals surface area (Å²) in [5, 5.41) is 3.99. The van der Waals surface area contributed by atoms with Crippen molar-refractivity contribution in [1.82, 2.24) is 14.9 Å². The summed E-state index contributed by atoms with van der Waals surface area (Å²) in [7, 11) is -2.16. The fourth-order valence-corrected chi connectivity index (χ4v) is 4.36. The summed E-state index contributed by atoms with van der Waals surface area (Å²) in [6, 6.07) is 11.4. The molecule has 1 aliphatic heterocycles. The fraction of sp³-hybridized carbons (Fsp3) is 0.318. The first-order valence-corrected chi connectivity index (χ1v) is 11.5. The zero-order chi connectivity index (χ0) is 22.2. The van der Waals surface area contributed by atoms with Crippen molar-refractivity contribution in [2.75, 3.05) is 7.05 Å². The van der Waals surface area contributed by atoms with E-state index in [0.29, 0.717) is 34.7 Å². The molecule has 0 saturated heterocycles. The van der Waals surface area contributed by atoms with E-state index in [1.54, 1.807) is 30.3 Å². The summed E-state index contributed by atoms with van der Waals surface area (Å²) in [5.74, 6) is 1.19. The van der Waals surface area contributed by atoms with E-state index in [2.05, 4.69) is 14.9 Å². The van der Waals surface area contributed by atoms with Gasteiger partial charge in [-0.1, -0.05) is 19.0 Å². The number of rotatable bonds is 6. The largest absolute Gasteiger partial charge is 0.486 e. The van der Waals surface area contributed by atoms with Gasteiger partial charge in [0.2, 0.25) is 15.8 Å². The zero-order valence-electron chi connectivity index (χ0n) is 17.5. The van der Waals surface area contributed by atoms with Crippen LogP contribution in [0.5, 0.6) is 5.75 Å². The van der Waals surface area contributed by atoms with Crippen molar-refractivity contribution >= 4 is 15.8 Å². The number of sulfonamides is 1. The Hall–Kier alpha value is -3.04. The highest BCUT2D eigenvalue weighted by Gasteiger charge is 2.37. The molecule has 1 N–H and O–H groups in total. The molecule has 9 heteroatoms. The standard InChI is InChI=1S/C22H23N3O5S/c1-4-22(5-2)13-18(26)17-12-15(8-11-19(17)29-22)21-24-20(25-30-21)14-6-9-16(10-7-14)31(27,28)23-3/h6-12,23H,4-5,13H2,1-3H3. The predicted molar refractivity (Wildman–Crippen MR) is 114 cm³/mol. The Morgan fingerprint density at radius 3 is 2.39 bits per heavy atom. The number of fused-ring (bicyclic) bond motifs is 1. The normalized spacial score (nSPS) is 15.4. The maximum Gasteiger partial charge on any atom is 0.258 e. The number of nitrogens with zero attached hydrogens (tertiary/aromatic N) is 2. The number of aromatic nitrogens is 2. The molecule has 0 bridgehead atoms. The highest BCUT2D eigenvalue weighted by atomic mass is 32.2. The molecule has 2 heterocycles. The SMILES string of the molecule is CCC1(CC)CC(=O)c2cc(-c3nc(-c4ccc(S(=O)(=O)NC)cc4)no3)ccc2O1. The Labute approximate surface area is 180 Å². The molecule has 0 atom stereocenters. The van der Waals surface area contributed by atoms with E-state index in [1.807, 2.05) is 13.8 Å². The number of hydrogen-bond acceptors (Lipinski definition) is 7. The highest BCUT2D eigenvalue weighted by Crippen LogP contribution is 2.39. The lowest BCUT2D eigenvalue weighted by atomic mass is 9.85. The third kappa shape index (κ3) is 3.86. The molecule has 0 saturated carbocycles. The molecule has 2 aromatic carbocycles. The average Bonchev–Trinajstić information content (AvgIpc) is 3.29. The first kappa shape index (κ1) is 21.2. The van der Waals surface area contributed by atoms with Crippen molar-refractivity contribution < 1.29 is 22.5 Å². The molecule has 0 aliphatic carbocycles. The topological polar surface area (TPSA) is 111 Å². The van der Waals surface area contributed by atoms with Gasteiger partial charge in [-0.25, -0.2) is 13.1 Å². The van der Waals surface area contributed by atoms with Crippen LogP contribution in [0.25, 0.3) is 22.8 Å². The van der Waals surface area contributed by atoms with Gasteiger partial charge in [-0.15, -0.1) is 0 Å². The van der Waals surface area contributed by atoms with E-state index in [4.69, 9.17) is 9.26 Å². The second kappa shape index (κ2) is 7.90. The van der Waals surface area contributed by atoms with Gasteiger partial charge < -0.3 is 9.26 Å². The van der Waals surface area contributed by atoms with Crippen molar-refractivity contribution in [3.8, 4) is 28.6 Å². The summed E-state index contributed by atoms with van der Waals surface area (Å²) >= 11 is 0. The van der Waals surface area contributed by atoms with Crippen molar-refractivity contribution in [3.05, 3.63) is 48.0 Å². The number of ether oxygens (including phenoxy) is 1. The molecule has 31 heavy (non-hydrogen) atoms. The molecule has 0 unspecified atom stereocenters. The summed E-state index contributed by atoms with van der Waals surface area (Å²) in [5.41, 5.74) is 1.29. The van der Waals surface area contributed by atoms with Gasteiger partial charge in [0, 0.05) is 11.1 Å². The van der Waals surface area contributed by atoms with Crippen molar-refractivity contribution in [3.63, 3.8) is 0 Å². The maximum absolute atomic E-state index is 12.8. The second-order valence-corrected chi connectivity index (χ2v) is 9.34. The predicted octanol–water partition coefficient (Wildman–Crippen LogP) is 3.84. The van der Waals surface area contributed by atoms with E-state index >= 15 is 0 Å². The lowest BCUT2D eigenvalue weighted by Crippen LogP contribution is -2.40. The third-order valence-corrected chi connectivity index (χ3v) is 7.17. The summed E-state index contributed by atoms with van der Waals surface area (Å²) in [4.78, 5) is 17.3. The molecule has 8 nitrogen and oxygen atoms in total. The Morgan fingerprint density at radius 2 is 1.74 bits per heavy atom. The summed E-state index contributed by atoms with van der Waals surface area (Å²) in [6.07, 6.45) is 1.86. The zero-order valence-corrected chi connectivity index (χ0v) is 18.3. The molecular formula is C22H23N3O5S.